The zero-order valence-corrected chi connectivity index (χ0v) is 13.2. The van der Waals surface area contributed by atoms with Crippen molar-refractivity contribution < 1.29 is 19.7 Å². The van der Waals surface area contributed by atoms with Crippen LogP contribution in [0.5, 0.6) is 17.2 Å². The largest absolute Gasteiger partial charge is 0.508 e. The van der Waals surface area contributed by atoms with Crippen LogP contribution in [0.15, 0.2) is 77.2 Å². The van der Waals surface area contributed by atoms with Crippen molar-refractivity contribution in [1.29, 1.82) is 0 Å². The third-order valence-corrected chi connectivity index (χ3v) is 4.05. The topological polar surface area (TPSA) is 72.0 Å². The van der Waals surface area contributed by atoms with Crippen molar-refractivity contribution in [2.45, 2.75) is 0 Å². The lowest BCUT2D eigenvalue weighted by atomic mass is 9.98. The second-order valence-electron chi connectivity index (χ2n) is 5.78. The average Bonchev–Trinajstić information content (AvgIpc) is 2.61. The minimum absolute atomic E-state index is 0.0826. The number of benzene rings is 3. The first-order valence-electron chi connectivity index (χ1n) is 7.79. The van der Waals surface area contributed by atoms with E-state index in [0.29, 0.717) is 22.3 Å². The molecule has 4 heteroatoms. The smallest absolute Gasteiger partial charge is 0.368 e. The highest BCUT2D eigenvalue weighted by atomic mass is 16.3. The molecule has 122 valence electrons. The molecule has 1 aromatic heterocycles. The van der Waals surface area contributed by atoms with E-state index in [0.717, 1.165) is 11.1 Å². The van der Waals surface area contributed by atoms with E-state index < -0.39 is 0 Å². The summed E-state index contributed by atoms with van der Waals surface area (Å²) < 4.78 is 5.92. The van der Waals surface area contributed by atoms with Crippen molar-refractivity contribution in [2.75, 3.05) is 0 Å². The predicted octanol–water partition coefficient (Wildman–Crippen LogP) is 5.16. The first-order chi connectivity index (χ1) is 12.1. The SMILES string of the molecule is Oc1cccc(-c2cc(-c3ccccc3)[o+]c3cc(O)cc(O)c23)c1. The number of aromatic hydroxyl groups is 3. The van der Waals surface area contributed by atoms with Gasteiger partial charge >= 0.3 is 11.3 Å². The highest BCUT2D eigenvalue weighted by molar-refractivity contribution is 6.00. The maximum Gasteiger partial charge on any atom is 0.368 e. The highest BCUT2D eigenvalue weighted by Crippen LogP contribution is 2.41. The van der Waals surface area contributed by atoms with Crippen molar-refractivity contribution in [3.05, 3.63) is 72.8 Å². The van der Waals surface area contributed by atoms with Crippen LogP contribution in [0, 0.1) is 0 Å². The maximum atomic E-state index is 10.3. The lowest BCUT2D eigenvalue weighted by molar-refractivity contribution is 0.452. The Kier molecular flexibility index (Phi) is 3.51. The van der Waals surface area contributed by atoms with E-state index in [2.05, 4.69) is 0 Å². The van der Waals surface area contributed by atoms with E-state index in [-0.39, 0.29) is 17.2 Å². The molecule has 3 N–H and O–H groups in total. The van der Waals surface area contributed by atoms with Crippen LogP contribution in [0.2, 0.25) is 0 Å². The van der Waals surface area contributed by atoms with E-state index in [9.17, 15) is 15.3 Å². The summed E-state index contributed by atoms with van der Waals surface area (Å²) in [6.07, 6.45) is 0. The minimum Gasteiger partial charge on any atom is -0.508 e. The summed E-state index contributed by atoms with van der Waals surface area (Å²) in [5.41, 5.74) is 2.67. The standard InChI is InChI=1S/C21H14O4/c22-15-8-4-7-14(9-15)17-12-19(13-5-2-1-3-6-13)25-20-11-16(23)10-18(24)21(17)20/h1-12H,(H2-,22,23,24)/p+1. The summed E-state index contributed by atoms with van der Waals surface area (Å²) in [7, 11) is 0. The predicted molar refractivity (Wildman–Crippen MR) is 96.5 cm³/mol. The normalized spacial score (nSPS) is 10.9. The maximum absolute atomic E-state index is 10.3. The molecule has 0 amide bonds. The average molecular weight is 331 g/mol. The summed E-state index contributed by atoms with van der Waals surface area (Å²) in [5.74, 6) is 0.555. The molecule has 0 bridgehead atoms. The van der Waals surface area contributed by atoms with Crippen molar-refractivity contribution in [1.82, 2.24) is 0 Å². The number of phenolic OH excluding ortho intramolecular Hbond substituents is 3. The fourth-order valence-electron chi connectivity index (χ4n) is 2.93. The van der Waals surface area contributed by atoms with Crippen molar-refractivity contribution in [3.63, 3.8) is 0 Å². The van der Waals surface area contributed by atoms with Gasteiger partial charge < -0.3 is 15.3 Å². The molecule has 4 rings (SSSR count). The van der Waals surface area contributed by atoms with Crippen LogP contribution >= 0.6 is 0 Å². The van der Waals surface area contributed by atoms with Gasteiger partial charge in [-0.05, 0) is 29.8 Å². The molecular weight excluding hydrogens is 316 g/mol. The van der Waals surface area contributed by atoms with Gasteiger partial charge in [0.15, 0.2) is 0 Å². The van der Waals surface area contributed by atoms with Crippen molar-refractivity contribution >= 4 is 11.0 Å². The zero-order valence-electron chi connectivity index (χ0n) is 13.2. The fourth-order valence-corrected chi connectivity index (χ4v) is 2.93. The van der Waals surface area contributed by atoms with Gasteiger partial charge in [-0.15, -0.1) is 0 Å². The second-order valence-corrected chi connectivity index (χ2v) is 5.78. The van der Waals surface area contributed by atoms with Crippen LogP contribution in [-0.4, -0.2) is 15.3 Å². The van der Waals surface area contributed by atoms with Crippen LogP contribution in [0.4, 0.5) is 0 Å². The third-order valence-electron chi connectivity index (χ3n) is 4.05. The molecule has 0 unspecified atom stereocenters. The monoisotopic (exact) mass is 331 g/mol. The van der Waals surface area contributed by atoms with E-state index in [1.807, 2.05) is 42.5 Å². The first-order valence-corrected chi connectivity index (χ1v) is 7.79. The molecule has 4 nitrogen and oxygen atoms in total. The molecule has 0 saturated heterocycles. The van der Waals surface area contributed by atoms with Crippen LogP contribution in [0.3, 0.4) is 0 Å². The van der Waals surface area contributed by atoms with Crippen molar-refractivity contribution in [2.24, 2.45) is 0 Å². The number of rotatable bonds is 2. The molecule has 0 aliphatic rings. The van der Waals surface area contributed by atoms with Crippen molar-refractivity contribution in [3.8, 4) is 39.7 Å². The van der Waals surface area contributed by atoms with Gasteiger partial charge in [-0.2, -0.15) is 0 Å². The summed E-state index contributed by atoms with van der Waals surface area (Å²) in [5, 5.41) is 30.5. The molecular formula is C21H15O4+. The molecule has 0 atom stereocenters. The van der Waals surface area contributed by atoms with Gasteiger partial charge in [-0.3, -0.25) is 0 Å². The van der Waals surface area contributed by atoms with Gasteiger partial charge in [-0.1, -0.05) is 30.3 Å². The number of phenols is 3. The lowest BCUT2D eigenvalue weighted by Crippen LogP contribution is -1.86. The molecule has 0 fully saturated rings. The minimum atomic E-state index is -0.0864. The summed E-state index contributed by atoms with van der Waals surface area (Å²) >= 11 is 0. The summed E-state index contributed by atoms with van der Waals surface area (Å²) in [6.45, 7) is 0. The molecule has 0 spiro atoms. The molecule has 25 heavy (non-hydrogen) atoms. The van der Waals surface area contributed by atoms with E-state index >= 15 is 0 Å². The van der Waals surface area contributed by atoms with Crippen LogP contribution in [0.25, 0.3) is 33.4 Å². The Bertz CT molecular complexity index is 1070. The molecule has 0 aliphatic carbocycles. The summed E-state index contributed by atoms with van der Waals surface area (Å²) in [6, 6.07) is 20.9. The molecule has 0 radical (unpaired) electrons. The Balaban J connectivity index is 2.08. The molecule has 3 aromatic carbocycles. The Morgan fingerprint density at radius 1 is 0.640 bits per heavy atom. The quantitative estimate of drug-likeness (QED) is 0.443. The van der Waals surface area contributed by atoms with Crippen LogP contribution in [-0.2, 0) is 0 Å². The Hall–Kier alpha value is -3.53. The first kappa shape index (κ1) is 15.0. The summed E-state index contributed by atoms with van der Waals surface area (Å²) in [4.78, 5) is 0. The zero-order chi connectivity index (χ0) is 17.4. The molecule has 1 heterocycles. The lowest BCUT2D eigenvalue weighted by Gasteiger charge is -2.06. The molecule has 0 aliphatic heterocycles. The van der Waals surface area contributed by atoms with Gasteiger partial charge in [0.25, 0.3) is 0 Å². The Labute approximate surface area is 143 Å². The number of fused-ring (bicyclic) bond motifs is 1. The van der Waals surface area contributed by atoms with Gasteiger partial charge in [-0.25, -0.2) is 4.42 Å². The van der Waals surface area contributed by atoms with Crippen LogP contribution in [0.1, 0.15) is 0 Å². The van der Waals surface area contributed by atoms with Gasteiger partial charge in [0.2, 0.25) is 0 Å². The van der Waals surface area contributed by atoms with Gasteiger partial charge in [0.05, 0.1) is 17.7 Å². The third kappa shape index (κ3) is 2.74. The van der Waals surface area contributed by atoms with E-state index in [1.54, 1.807) is 18.2 Å². The van der Waals surface area contributed by atoms with Gasteiger partial charge in [0.1, 0.15) is 22.6 Å². The van der Waals surface area contributed by atoms with Gasteiger partial charge in [0, 0.05) is 11.6 Å². The fraction of sp³-hybridized carbons (Fsp3) is 0. The van der Waals surface area contributed by atoms with E-state index in [1.165, 1.54) is 12.1 Å². The Morgan fingerprint density at radius 3 is 2.16 bits per heavy atom. The van der Waals surface area contributed by atoms with Crippen LogP contribution < -0.4 is 0 Å². The Morgan fingerprint density at radius 2 is 1.40 bits per heavy atom. The molecule has 4 aromatic rings. The molecule has 0 saturated carbocycles. The highest BCUT2D eigenvalue weighted by Gasteiger charge is 2.23. The number of hydrogen-bond acceptors (Lipinski definition) is 3. The second kappa shape index (κ2) is 5.83. The van der Waals surface area contributed by atoms with E-state index in [4.69, 9.17) is 4.42 Å². The number of hydrogen-bond donors (Lipinski definition) is 3.